The Kier molecular flexibility index (Phi) is 7.76. The third-order valence-electron chi connectivity index (χ3n) is 4.64. The first-order chi connectivity index (χ1) is 13.6. The van der Waals surface area contributed by atoms with Crippen LogP contribution in [0.4, 0.5) is 8.78 Å². The smallest absolute Gasteiger partial charge is 0.290 e. The zero-order valence-electron chi connectivity index (χ0n) is 15.6. The van der Waals surface area contributed by atoms with Crippen LogP contribution in [0, 0.1) is 0 Å². The minimum atomic E-state index is -2.60. The second kappa shape index (κ2) is 10.5. The summed E-state index contributed by atoms with van der Waals surface area (Å²) in [5, 5.41) is 2.88. The molecule has 1 N–H and O–H groups in total. The largest absolute Gasteiger partial charge is 0.351 e. The molecule has 1 aromatic carbocycles. The maximum atomic E-state index is 12.6. The summed E-state index contributed by atoms with van der Waals surface area (Å²) in [6.07, 6.45) is 1.41. The van der Waals surface area contributed by atoms with Gasteiger partial charge in [0, 0.05) is 52.0 Å². The van der Waals surface area contributed by atoms with Gasteiger partial charge in [-0.15, -0.1) is 0 Å². The Bertz CT molecular complexity index is 755. The van der Waals surface area contributed by atoms with E-state index in [0.717, 1.165) is 39.3 Å². The van der Waals surface area contributed by atoms with Crippen LogP contribution in [-0.2, 0) is 6.54 Å². The highest BCUT2D eigenvalue weighted by Crippen LogP contribution is 2.26. The molecule has 0 spiro atoms. The van der Waals surface area contributed by atoms with E-state index in [-0.39, 0.29) is 16.5 Å². The predicted octanol–water partition coefficient (Wildman–Crippen LogP) is 2.94. The molecule has 0 bridgehead atoms. The quantitative estimate of drug-likeness (QED) is 0.683. The van der Waals surface area contributed by atoms with Crippen molar-refractivity contribution in [3.8, 4) is 0 Å². The molecule has 0 aliphatic carbocycles. The maximum absolute atomic E-state index is 12.6. The Hall–Kier alpha value is -2.03. The molecule has 0 unspecified atom stereocenters. The standard InChI is InChI=1S/C20H24F2N4OS/c21-20(22)28-19-17(7-4-8-24-19)18(27)23-9-10-25-11-13-26(14-12-25)15-16-5-2-1-3-6-16/h1-8,20H,9-15H2,(H,23,27). The number of carbonyl (C=O) groups excluding carboxylic acids is 1. The summed E-state index contributed by atoms with van der Waals surface area (Å²) >= 11 is 0.295. The minimum Gasteiger partial charge on any atom is -0.351 e. The Morgan fingerprint density at radius 3 is 2.50 bits per heavy atom. The summed E-state index contributed by atoms with van der Waals surface area (Å²) in [4.78, 5) is 20.9. The van der Waals surface area contributed by atoms with Crippen molar-refractivity contribution in [3.63, 3.8) is 0 Å². The Morgan fingerprint density at radius 2 is 1.79 bits per heavy atom. The molecule has 0 atom stereocenters. The molecule has 0 radical (unpaired) electrons. The molecular formula is C20H24F2N4OS. The lowest BCUT2D eigenvalue weighted by molar-refractivity contribution is 0.0930. The fourth-order valence-electron chi connectivity index (χ4n) is 3.18. The van der Waals surface area contributed by atoms with Crippen molar-refractivity contribution in [2.45, 2.75) is 17.3 Å². The first kappa shape index (κ1) is 20.7. The molecule has 2 aromatic rings. The summed E-state index contributed by atoms with van der Waals surface area (Å²) in [7, 11) is 0. The highest BCUT2D eigenvalue weighted by Gasteiger charge is 2.18. The molecule has 2 heterocycles. The van der Waals surface area contributed by atoms with Crippen molar-refractivity contribution in [1.82, 2.24) is 20.1 Å². The molecule has 8 heteroatoms. The van der Waals surface area contributed by atoms with E-state index in [0.29, 0.717) is 18.3 Å². The molecule has 1 aromatic heterocycles. The van der Waals surface area contributed by atoms with Gasteiger partial charge in [-0.2, -0.15) is 8.78 Å². The van der Waals surface area contributed by atoms with Gasteiger partial charge < -0.3 is 5.32 Å². The third-order valence-corrected chi connectivity index (χ3v) is 5.37. The van der Waals surface area contributed by atoms with Gasteiger partial charge in [-0.1, -0.05) is 30.3 Å². The number of rotatable bonds is 8. The molecule has 1 fully saturated rings. The lowest BCUT2D eigenvalue weighted by Crippen LogP contribution is -2.48. The van der Waals surface area contributed by atoms with Gasteiger partial charge in [-0.3, -0.25) is 14.6 Å². The number of aromatic nitrogens is 1. The first-order valence-electron chi connectivity index (χ1n) is 9.28. The third kappa shape index (κ3) is 6.25. The fourth-order valence-corrected chi connectivity index (χ4v) is 3.76. The van der Waals surface area contributed by atoms with Crippen LogP contribution < -0.4 is 5.32 Å². The normalized spacial score (nSPS) is 15.7. The van der Waals surface area contributed by atoms with E-state index >= 15 is 0 Å². The van der Waals surface area contributed by atoms with Gasteiger partial charge in [0.25, 0.3) is 11.7 Å². The SMILES string of the molecule is O=C(NCCN1CCN(Cc2ccccc2)CC1)c1cccnc1SC(F)F. The summed E-state index contributed by atoms with van der Waals surface area (Å²) < 4.78 is 25.2. The van der Waals surface area contributed by atoms with Gasteiger partial charge in [-0.05, 0) is 29.5 Å². The molecule has 5 nitrogen and oxygen atoms in total. The molecular weight excluding hydrogens is 382 g/mol. The van der Waals surface area contributed by atoms with Crippen molar-refractivity contribution in [2.75, 3.05) is 39.3 Å². The highest BCUT2D eigenvalue weighted by atomic mass is 32.2. The molecule has 1 aliphatic rings. The fraction of sp³-hybridized carbons (Fsp3) is 0.400. The molecule has 28 heavy (non-hydrogen) atoms. The van der Waals surface area contributed by atoms with E-state index in [4.69, 9.17) is 0 Å². The monoisotopic (exact) mass is 406 g/mol. The van der Waals surface area contributed by atoms with Crippen molar-refractivity contribution < 1.29 is 13.6 Å². The number of benzene rings is 1. The van der Waals surface area contributed by atoms with Gasteiger partial charge in [-0.25, -0.2) is 4.98 Å². The van der Waals surface area contributed by atoms with Gasteiger partial charge in [0.05, 0.1) is 5.56 Å². The topological polar surface area (TPSA) is 48.5 Å². The van der Waals surface area contributed by atoms with Crippen molar-refractivity contribution in [1.29, 1.82) is 0 Å². The number of thioether (sulfide) groups is 1. The van der Waals surface area contributed by atoms with E-state index in [9.17, 15) is 13.6 Å². The molecule has 150 valence electrons. The number of carbonyl (C=O) groups is 1. The van der Waals surface area contributed by atoms with Gasteiger partial charge >= 0.3 is 0 Å². The number of amides is 1. The lowest BCUT2D eigenvalue weighted by atomic mass is 10.2. The van der Waals surface area contributed by atoms with Crippen LogP contribution in [-0.4, -0.2) is 65.7 Å². The number of pyridine rings is 1. The van der Waals surface area contributed by atoms with Crippen molar-refractivity contribution in [2.24, 2.45) is 0 Å². The Labute approximate surface area is 168 Å². The average molecular weight is 407 g/mol. The zero-order valence-corrected chi connectivity index (χ0v) is 16.4. The van der Waals surface area contributed by atoms with Gasteiger partial charge in [0.2, 0.25) is 0 Å². The Morgan fingerprint density at radius 1 is 1.07 bits per heavy atom. The highest BCUT2D eigenvalue weighted by molar-refractivity contribution is 7.99. The second-order valence-corrected chi connectivity index (χ2v) is 7.57. The van der Waals surface area contributed by atoms with Crippen LogP contribution in [0.1, 0.15) is 15.9 Å². The van der Waals surface area contributed by atoms with Crippen LogP contribution in [0.3, 0.4) is 0 Å². The van der Waals surface area contributed by atoms with Gasteiger partial charge in [0.1, 0.15) is 5.03 Å². The van der Waals surface area contributed by atoms with Crippen LogP contribution in [0.2, 0.25) is 0 Å². The number of nitrogens with zero attached hydrogens (tertiary/aromatic N) is 3. The summed E-state index contributed by atoms with van der Waals surface area (Å²) in [5.41, 5.74) is 1.51. The predicted molar refractivity (Wildman–Crippen MR) is 107 cm³/mol. The molecule has 1 amide bonds. The molecule has 1 aliphatic heterocycles. The number of piperazine rings is 1. The van der Waals surface area contributed by atoms with Crippen LogP contribution in [0.25, 0.3) is 0 Å². The van der Waals surface area contributed by atoms with E-state index in [2.05, 4.69) is 44.4 Å². The summed E-state index contributed by atoms with van der Waals surface area (Å²) in [5.74, 6) is -2.97. The molecule has 0 saturated carbocycles. The Balaban J connectivity index is 1.40. The van der Waals surface area contributed by atoms with Crippen molar-refractivity contribution >= 4 is 17.7 Å². The van der Waals surface area contributed by atoms with Gasteiger partial charge in [0.15, 0.2) is 0 Å². The number of hydrogen-bond acceptors (Lipinski definition) is 5. The summed E-state index contributed by atoms with van der Waals surface area (Å²) in [6, 6.07) is 13.5. The van der Waals surface area contributed by atoms with E-state index in [1.165, 1.54) is 17.8 Å². The number of alkyl halides is 2. The second-order valence-electron chi connectivity index (χ2n) is 6.59. The average Bonchev–Trinajstić information content (AvgIpc) is 2.70. The van der Waals surface area contributed by atoms with Crippen molar-refractivity contribution in [3.05, 3.63) is 59.8 Å². The van der Waals surface area contributed by atoms with Crippen LogP contribution >= 0.6 is 11.8 Å². The van der Waals surface area contributed by atoms with E-state index in [1.807, 2.05) is 6.07 Å². The lowest BCUT2D eigenvalue weighted by Gasteiger charge is -2.34. The summed E-state index contributed by atoms with van der Waals surface area (Å²) in [6.45, 7) is 6.04. The van der Waals surface area contributed by atoms with Crippen LogP contribution in [0.5, 0.6) is 0 Å². The van der Waals surface area contributed by atoms with E-state index in [1.54, 1.807) is 6.07 Å². The molecule has 3 rings (SSSR count). The maximum Gasteiger partial charge on any atom is 0.290 e. The van der Waals surface area contributed by atoms with E-state index < -0.39 is 5.76 Å². The molecule has 1 saturated heterocycles. The first-order valence-corrected chi connectivity index (χ1v) is 10.2. The number of halogens is 2. The van der Waals surface area contributed by atoms with Crippen LogP contribution in [0.15, 0.2) is 53.7 Å². The number of nitrogens with one attached hydrogen (secondary N) is 1. The minimum absolute atomic E-state index is 0.0597. The zero-order chi connectivity index (χ0) is 19.8. The number of hydrogen-bond donors (Lipinski definition) is 1.